The first-order valence-corrected chi connectivity index (χ1v) is 5.95. The molecular weight excluding hydrogens is 226 g/mol. The van der Waals surface area contributed by atoms with Gasteiger partial charge in [0.15, 0.2) is 0 Å². The molecule has 0 unspecified atom stereocenters. The molecule has 0 bridgehead atoms. The third-order valence-electron chi connectivity index (χ3n) is 2.90. The van der Waals surface area contributed by atoms with Crippen molar-refractivity contribution in [1.29, 1.82) is 0 Å². The highest BCUT2D eigenvalue weighted by atomic mass is 35.5. The number of aliphatic hydroxyl groups excluding tert-OH is 1. The summed E-state index contributed by atoms with van der Waals surface area (Å²) in [4.78, 5) is 8.59. The Bertz CT molecular complexity index is 391. The minimum Gasteiger partial charge on any atom is -0.393 e. The van der Waals surface area contributed by atoms with Crippen LogP contribution in [0.2, 0.25) is 5.15 Å². The highest BCUT2D eigenvalue weighted by Gasteiger charge is 2.27. The molecule has 1 aliphatic carbocycles. The van der Waals surface area contributed by atoms with Crippen molar-refractivity contribution in [2.75, 3.05) is 5.32 Å². The van der Waals surface area contributed by atoms with Gasteiger partial charge < -0.3 is 10.4 Å². The van der Waals surface area contributed by atoms with E-state index in [-0.39, 0.29) is 6.10 Å². The molecular formula is C11H16ClN3O. The van der Waals surface area contributed by atoms with Gasteiger partial charge in [0, 0.05) is 18.0 Å². The Labute approximate surface area is 100 Å². The molecule has 0 spiro atoms. The van der Waals surface area contributed by atoms with E-state index < -0.39 is 0 Å². The number of aliphatic hydroxyl groups is 1. The van der Waals surface area contributed by atoms with E-state index in [2.05, 4.69) is 15.3 Å². The SMILES string of the molecule is CCc1nc(Cl)c(C)c(NC2CC(O)C2)n1. The monoisotopic (exact) mass is 241 g/mol. The Morgan fingerprint density at radius 3 is 2.69 bits per heavy atom. The quantitative estimate of drug-likeness (QED) is 0.794. The number of hydrogen-bond donors (Lipinski definition) is 2. The molecule has 2 rings (SSSR count). The van der Waals surface area contributed by atoms with Gasteiger partial charge in [-0.25, -0.2) is 9.97 Å². The number of anilines is 1. The van der Waals surface area contributed by atoms with Crippen molar-refractivity contribution >= 4 is 17.4 Å². The fraction of sp³-hybridized carbons (Fsp3) is 0.636. The van der Waals surface area contributed by atoms with Gasteiger partial charge >= 0.3 is 0 Å². The van der Waals surface area contributed by atoms with Crippen LogP contribution in [0.5, 0.6) is 0 Å². The second-order valence-corrected chi connectivity index (χ2v) is 4.58. The first-order valence-electron chi connectivity index (χ1n) is 5.57. The summed E-state index contributed by atoms with van der Waals surface area (Å²) in [5, 5.41) is 13.0. The first kappa shape index (κ1) is 11.6. The van der Waals surface area contributed by atoms with Crippen LogP contribution in [0, 0.1) is 6.92 Å². The molecule has 0 radical (unpaired) electrons. The maximum Gasteiger partial charge on any atom is 0.137 e. The van der Waals surface area contributed by atoms with Crippen molar-refractivity contribution in [3.63, 3.8) is 0 Å². The number of rotatable bonds is 3. The fourth-order valence-electron chi connectivity index (χ4n) is 1.73. The first-order chi connectivity index (χ1) is 7.60. The van der Waals surface area contributed by atoms with Gasteiger partial charge in [-0.1, -0.05) is 18.5 Å². The molecule has 0 amide bonds. The molecule has 1 heterocycles. The van der Waals surface area contributed by atoms with E-state index in [1.54, 1.807) is 0 Å². The van der Waals surface area contributed by atoms with Crippen LogP contribution in [0.15, 0.2) is 0 Å². The molecule has 1 fully saturated rings. The molecule has 16 heavy (non-hydrogen) atoms. The van der Waals surface area contributed by atoms with Gasteiger partial charge in [-0.05, 0) is 19.8 Å². The molecule has 0 atom stereocenters. The van der Waals surface area contributed by atoms with Crippen LogP contribution in [0.1, 0.15) is 31.2 Å². The predicted molar refractivity (Wildman–Crippen MR) is 63.8 cm³/mol. The minimum absolute atomic E-state index is 0.166. The molecule has 1 aliphatic rings. The van der Waals surface area contributed by atoms with Crippen molar-refractivity contribution < 1.29 is 5.11 Å². The largest absolute Gasteiger partial charge is 0.393 e. The summed E-state index contributed by atoms with van der Waals surface area (Å²) < 4.78 is 0. The summed E-state index contributed by atoms with van der Waals surface area (Å²) in [7, 11) is 0. The lowest BCUT2D eigenvalue weighted by molar-refractivity contribution is 0.0835. The standard InChI is InChI=1S/C11H16ClN3O/c1-3-9-14-10(12)6(2)11(15-9)13-7-4-8(16)5-7/h7-8,16H,3-5H2,1-2H3,(H,13,14,15). The number of nitrogens with zero attached hydrogens (tertiary/aromatic N) is 2. The molecule has 1 saturated carbocycles. The number of halogens is 1. The van der Waals surface area contributed by atoms with Gasteiger partial charge in [0.2, 0.25) is 0 Å². The van der Waals surface area contributed by atoms with E-state index in [0.717, 1.165) is 36.5 Å². The van der Waals surface area contributed by atoms with Gasteiger partial charge in [-0.15, -0.1) is 0 Å². The maximum atomic E-state index is 9.22. The van der Waals surface area contributed by atoms with Crippen molar-refractivity contribution in [2.24, 2.45) is 0 Å². The lowest BCUT2D eigenvalue weighted by Gasteiger charge is -2.32. The van der Waals surface area contributed by atoms with Crippen molar-refractivity contribution in [2.45, 2.75) is 45.3 Å². The van der Waals surface area contributed by atoms with Gasteiger partial charge in [0.1, 0.15) is 16.8 Å². The van der Waals surface area contributed by atoms with Crippen LogP contribution in [-0.2, 0) is 6.42 Å². The van der Waals surface area contributed by atoms with Crippen molar-refractivity contribution in [3.05, 3.63) is 16.5 Å². The Morgan fingerprint density at radius 1 is 1.44 bits per heavy atom. The summed E-state index contributed by atoms with van der Waals surface area (Å²) in [6.07, 6.45) is 2.16. The zero-order valence-electron chi connectivity index (χ0n) is 9.50. The van der Waals surface area contributed by atoms with Crippen LogP contribution in [0.4, 0.5) is 5.82 Å². The lowest BCUT2D eigenvalue weighted by atomic mass is 9.89. The summed E-state index contributed by atoms with van der Waals surface area (Å²) in [6, 6.07) is 0.310. The normalized spacial score (nSPS) is 24.0. The molecule has 2 N–H and O–H groups in total. The molecule has 1 aromatic heterocycles. The van der Waals surface area contributed by atoms with Crippen LogP contribution >= 0.6 is 11.6 Å². The fourth-order valence-corrected chi connectivity index (χ4v) is 1.92. The summed E-state index contributed by atoms with van der Waals surface area (Å²) in [6.45, 7) is 3.90. The van der Waals surface area contributed by atoms with E-state index in [1.165, 1.54) is 0 Å². The Morgan fingerprint density at radius 2 is 2.12 bits per heavy atom. The summed E-state index contributed by atoms with van der Waals surface area (Å²) >= 11 is 6.03. The third kappa shape index (κ3) is 2.28. The number of hydrogen-bond acceptors (Lipinski definition) is 4. The summed E-state index contributed by atoms with van der Waals surface area (Å²) in [5.41, 5.74) is 0.875. The number of nitrogens with one attached hydrogen (secondary N) is 1. The molecule has 0 aromatic carbocycles. The highest BCUT2D eigenvalue weighted by Crippen LogP contribution is 2.26. The lowest BCUT2D eigenvalue weighted by Crippen LogP contribution is -2.39. The summed E-state index contributed by atoms with van der Waals surface area (Å²) in [5.74, 6) is 1.55. The van der Waals surface area contributed by atoms with Crippen LogP contribution in [0.3, 0.4) is 0 Å². The Hall–Kier alpha value is -0.870. The van der Waals surface area contributed by atoms with Crippen LogP contribution in [0.25, 0.3) is 0 Å². The van der Waals surface area contributed by atoms with Crippen LogP contribution < -0.4 is 5.32 Å². The maximum absolute atomic E-state index is 9.22. The predicted octanol–water partition coefficient (Wildman–Crippen LogP) is 1.94. The van der Waals surface area contributed by atoms with Crippen LogP contribution in [-0.4, -0.2) is 27.2 Å². The zero-order chi connectivity index (χ0) is 11.7. The number of aromatic nitrogens is 2. The van der Waals surface area contributed by atoms with Gasteiger partial charge in [0.05, 0.1) is 6.10 Å². The topological polar surface area (TPSA) is 58.0 Å². The molecule has 5 heteroatoms. The highest BCUT2D eigenvalue weighted by molar-refractivity contribution is 6.30. The van der Waals surface area contributed by atoms with E-state index >= 15 is 0 Å². The Balaban J connectivity index is 2.15. The van der Waals surface area contributed by atoms with Gasteiger partial charge in [0.25, 0.3) is 0 Å². The van der Waals surface area contributed by atoms with E-state index in [9.17, 15) is 5.11 Å². The zero-order valence-corrected chi connectivity index (χ0v) is 10.3. The molecule has 0 aliphatic heterocycles. The van der Waals surface area contributed by atoms with Crippen molar-refractivity contribution in [3.8, 4) is 0 Å². The smallest absolute Gasteiger partial charge is 0.137 e. The third-order valence-corrected chi connectivity index (χ3v) is 3.27. The average Bonchev–Trinajstić information content (AvgIpc) is 2.22. The second kappa shape index (κ2) is 4.55. The molecule has 0 saturated heterocycles. The Kier molecular flexibility index (Phi) is 3.30. The number of aryl methyl sites for hydroxylation is 1. The van der Waals surface area contributed by atoms with Gasteiger partial charge in [-0.2, -0.15) is 0 Å². The van der Waals surface area contributed by atoms with E-state index in [0.29, 0.717) is 11.2 Å². The minimum atomic E-state index is -0.166. The molecule has 4 nitrogen and oxygen atoms in total. The average molecular weight is 242 g/mol. The van der Waals surface area contributed by atoms with E-state index in [4.69, 9.17) is 11.6 Å². The second-order valence-electron chi connectivity index (χ2n) is 4.22. The van der Waals surface area contributed by atoms with Crippen molar-refractivity contribution in [1.82, 2.24) is 9.97 Å². The van der Waals surface area contributed by atoms with Gasteiger partial charge in [-0.3, -0.25) is 0 Å². The molecule has 88 valence electrons. The molecule has 1 aromatic rings. The van der Waals surface area contributed by atoms with E-state index in [1.807, 2.05) is 13.8 Å².